The van der Waals surface area contributed by atoms with E-state index < -0.39 is 0 Å². The zero-order valence-corrected chi connectivity index (χ0v) is 12.1. The van der Waals surface area contributed by atoms with Crippen molar-refractivity contribution >= 4 is 21.6 Å². The van der Waals surface area contributed by atoms with Crippen LogP contribution in [0.15, 0.2) is 22.7 Å². The van der Waals surface area contributed by atoms with Crippen molar-refractivity contribution in [3.8, 4) is 11.4 Å². The Morgan fingerprint density at radius 3 is 2.94 bits per heavy atom. The van der Waals surface area contributed by atoms with Crippen LogP contribution < -0.4 is 5.73 Å². The molecule has 5 nitrogen and oxygen atoms in total. The van der Waals surface area contributed by atoms with Crippen LogP contribution in [0.25, 0.3) is 11.4 Å². The first-order valence-electron chi connectivity index (χ1n) is 5.93. The zero-order chi connectivity index (χ0) is 13.1. The van der Waals surface area contributed by atoms with E-state index >= 15 is 0 Å². The lowest BCUT2D eigenvalue weighted by Gasteiger charge is -2.10. The molecule has 0 fully saturated rings. The van der Waals surface area contributed by atoms with Gasteiger partial charge in [0.1, 0.15) is 0 Å². The quantitative estimate of drug-likeness (QED) is 0.882. The Morgan fingerprint density at radius 2 is 2.22 bits per heavy atom. The Balaban J connectivity index is 2.39. The van der Waals surface area contributed by atoms with Crippen molar-refractivity contribution in [3.63, 3.8) is 0 Å². The standard InChI is InChI=1S/C12H16BrN5/c1-3-8(2)7-18-12(15-16-17-18)10-6-9(14)4-5-11(10)13/h4-6,8H,3,7,14H2,1-2H3. The van der Waals surface area contributed by atoms with Gasteiger partial charge in [-0.25, -0.2) is 4.68 Å². The maximum atomic E-state index is 5.81. The van der Waals surface area contributed by atoms with Crippen LogP contribution in [0.3, 0.4) is 0 Å². The van der Waals surface area contributed by atoms with Crippen molar-refractivity contribution in [2.24, 2.45) is 5.92 Å². The minimum Gasteiger partial charge on any atom is -0.399 e. The predicted molar refractivity (Wildman–Crippen MR) is 74.8 cm³/mol. The van der Waals surface area contributed by atoms with E-state index in [1.807, 2.05) is 22.9 Å². The molecule has 0 aliphatic rings. The number of nitrogens with two attached hydrogens (primary N) is 1. The largest absolute Gasteiger partial charge is 0.399 e. The van der Waals surface area contributed by atoms with Crippen LogP contribution in [-0.4, -0.2) is 20.2 Å². The molecular formula is C12H16BrN5. The zero-order valence-electron chi connectivity index (χ0n) is 10.5. The number of nitrogens with zero attached hydrogens (tertiary/aromatic N) is 4. The molecule has 2 aromatic rings. The van der Waals surface area contributed by atoms with Crippen LogP contribution in [-0.2, 0) is 6.54 Å². The molecule has 0 aliphatic heterocycles. The van der Waals surface area contributed by atoms with Gasteiger partial charge < -0.3 is 5.73 Å². The molecule has 18 heavy (non-hydrogen) atoms. The summed E-state index contributed by atoms with van der Waals surface area (Å²) in [4.78, 5) is 0. The van der Waals surface area contributed by atoms with Crippen LogP contribution in [0.2, 0.25) is 0 Å². The second-order valence-electron chi connectivity index (χ2n) is 4.44. The smallest absolute Gasteiger partial charge is 0.183 e. The molecule has 0 aliphatic carbocycles. The van der Waals surface area contributed by atoms with Gasteiger partial charge in [0.05, 0.1) is 0 Å². The maximum absolute atomic E-state index is 5.81. The molecule has 96 valence electrons. The van der Waals surface area contributed by atoms with E-state index in [2.05, 4.69) is 45.3 Å². The van der Waals surface area contributed by atoms with Gasteiger partial charge in [-0.3, -0.25) is 0 Å². The molecular weight excluding hydrogens is 294 g/mol. The molecule has 0 bridgehead atoms. The monoisotopic (exact) mass is 309 g/mol. The van der Waals surface area contributed by atoms with Crippen LogP contribution in [0.4, 0.5) is 5.69 Å². The van der Waals surface area contributed by atoms with Gasteiger partial charge in [0, 0.05) is 22.3 Å². The summed E-state index contributed by atoms with van der Waals surface area (Å²) in [5.74, 6) is 1.28. The van der Waals surface area contributed by atoms with Crippen molar-refractivity contribution in [1.82, 2.24) is 20.2 Å². The molecule has 1 aromatic carbocycles. The predicted octanol–water partition coefficient (Wildman–Crippen LogP) is 2.73. The molecule has 0 radical (unpaired) electrons. The summed E-state index contributed by atoms with van der Waals surface area (Å²) in [5.41, 5.74) is 7.43. The van der Waals surface area contributed by atoms with Crippen molar-refractivity contribution < 1.29 is 0 Å². The lowest BCUT2D eigenvalue weighted by Crippen LogP contribution is -2.10. The summed E-state index contributed by atoms with van der Waals surface area (Å²) in [7, 11) is 0. The third kappa shape index (κ3) is 2.69. The Bertz CT molecular complexity index is 537. The highest BCUT2D eigenvalue weighted by Gasteiger charge is 2.14. The van der Waals surface area contributed by atoms with E-state index in [9.17, 15) is 0 Å². The lowest BCUT2D eigenvalue weighted by atomic mass is 10.1. The first-order chi connectivity index (χ1) is 8.61. The average molecular weight is 310 g/mol. The molecule has 2 rings (SSSR count). The number of aromatic nitrogens is 4. The molecule has 6 heteroatoms. The minimum atomic E-state index is 0.534. The second-order valence-corrected chi connectivity index (χ2v) is 5.29. The fourth-order valence-electron chi connectivity index (χ4n) is 1.66. The molecule has 1 aromatic heterocycles. The molecule has 2 N–H and O–H groups in total. The summed E-state index contributed by atoms with van der Waals surface area (Å²) in [6, 6.07) is 5.63. The lowest BCUT2D eigenvalue weighted by molar-refractivity contribution is 0.434. The van der Waals surface area contributed by atoms with Gasteiger partial charge in [0.25, 0.3) is 0 Å². The fourth-order valence-corrected chi connectivity index (χ4v) is 2.08. The number of benzene rings is 1. The third-order valence-corrected chi connectivity index (χ3v) is 3.64. The van der Waals surface area contributed by atoms with Crippen molar-refractivity contribution in [2.45, 2.75) is 26.8 Å². The van der Waals surface area contributed by atoms with Crippen molar-refractivity contribution in [2.75, 3.05) is 5.73 Å². The van der Waals surface area contributed by atoms with Gasteiger partial charge in [-0.2, -0.15) is 0 Å². The van der Waals surface area contributed by atoms with Crippen molar-refractivity contribution in [3.05, 3.63) is 22.7 Å². The van der Waals surface area contributed by atoms with Gasteiger partial charge in [0.15, 0.2) is 5.82 Å². The molecule has 0 saturated heterocycles. The number of tetrazole rings is 1. The van der Waals surface area contributed by atoms with Crippen LogP contribution >= 0.6 is 15.9 Å². The third-order valence-electron chi connectivity index (χ3n) is 2.94. The molecule has 0 amide bonds. The molecule has 0 saturated carbocycles. The minimum absolute atomic E-state index is 0.534. The number of hydrogen-bond donors (Lipinski definition) is 1. The van der Waals surface area contributed by atoms with Crippen molar-refractivity contribution in [1.29, 1.82) is 0 Å². The summed E-state index contributed by atoms with van der Waals surface area (Å²) in [6.45, 7) is 5.14. The normalized spacial score (nSPS) is 12.6. The first-order valence-corrected chi connectivity index (χ1v) is 6.72. The molecule has 1 atom stereocenters. The first kappa shape index (κ1) is 13.0. The highest BCUT2D eigenvalue weighted by Crippen LogP contribution is 2.28. The van der Waals surface area contributed by atoms with E-state index in [4.69, 9.17) is 5.73 Å². The number of nitrogen functional groups attached to an aromatic ring is 1. The molecule has 1 unspecified atom stereocenters. The second kappa shape index (κ2) is 5.48. The SMILES string of the molecule is CCC(C)Cn1nnnc1-c1cc(N)ccc1Br. The van der Waals surface area contributed by atoms with Gasteiger partial charge >= 0.3 is 0 Å². The van der Waals surface area contributed by atoms with Crippen LogP contribution in [0, 0.1) is 5.92 Å². The molecule has 1 heterocycles. The van der Waals surface area contributed by atoms with E-state index in [1.54, 1.807) is 0 Å². The van der Waals surface area contributed by atoms with E-state index in [1.165, 1.54) is 0 Å². The number of hydrogen-bond acceptors (Lipinski definition) is 4. The summed E-state index contributed by atoms with van der Waals surface area (Å²) in [6.07, 6.45) is 1.09. The molecule has 0 spiro atoms. The highest BCUT2D eigenvalue weighted by molar-refractivity contribution is 9.10. The van der Waals surface area contributed by atoms with Gasteiger partial charge in [-0.05, 0) is 34.5 Å². The fraction of sp³-hybridized carbons (Fsp3) is 0.417. The van der Waals surface area contributed by atoms with Gasteiger partial charge in [-0.15, -0.1) is 5.10 Å². The van der Waals surface area contributed by atoms with Crippen LogP contribution in [0.5, 0.6) is 0 Å². The maximum Gasteiger partial charge on any atom is 0.183 e. The Labute approximate surface area is 115 Å². The topological polar surface area (TPSA) is 69.6 Å². The van der Waals surface area contributed by atoms with E-state index in [0.717, 1.165) is 28.8 Å². The van der Waals surface area contributed by atoms with E-state index in [0.29, 0.717) is 11.6 Å². The Hall–Kier alpha value is -1.43. The summed E-state index contributed by atoms with van der Waals surface area (Å²) < 4.78 is 2.77. The van der Waals surface area contributed by atoms with Gasteiger partial charge in [-0.1, -0.05) is 36.2 Å². The number of anilines is 1. The highest BCUT2D eigenvalue weighted by atomic mass is 79.9. The number of rotatable bonds is 4. The summed E-state index contributed by atoms with van der Waals surface area (Å²) >= 11 is 3.50. The Morgan fingerprint density at radius 1 is 1.44 bits per heavy atom. The number of halogens is 1. The van der Waals surface area contributed by atoms with E-state index in [-0.39, 0.29) is 0 Å². The van der Waals surface area contributed by atoms with Gasteiger partial charge in [0.2, 0.25) is 0 Å². The average Bonchev–Trinajstić information content (AvgIpc) is 2.80. The summed E-state index contributed by atoms with van der Waals surface area (Å²) in [5, 5.41) is 11.9. The Kier molecular flexibility index (Phi) is 3.96. The van der Waals surface area contributed by atoms with Crippen LogP contribution in [0.1, 0.15) is 20.3 Å².